The molecule has 0 amide bonds. The molecule has 0 bridgehead atoms. The Morgan fingerprint density at radius 3 is 2.63 bits per heavy atom. The molecule has 0 unspecified atom stereocenters. The number of hydrogen-bond donors (Lipinski definition) is 2. The highest BCUT2D eigenvalue weighted by molar-refractivity contribution is 7.89. The van der Waals surface area contributed by atoms with Gasteiger partial charge in [0.25, 0.3) is 0 Å². The lowest BCUT2D eigenvalue weighted by atomic mass is 10.4. The summed E-state index contributed by atoms with van der Waals surface area (Å²) in [4.78, 5) is 2.16. The first kappa shape index (κ1) is 16.8. The third-order valence-electron chi connectivity index (χ3n) is 2.89. The van der Waals surface area contributed by atoms with Gasteiger partial charge in [-0.1, -0.05) is 0 Å². The van der Waals surface area contributed by atoms with Crippen LogP contribution >= 0.6 is 0 Å². The molecule has 0 spiro atoms. The van der Waals surface area contributed by atoms with Crippen LogP contribution in [0.25, 0.3) is 0 Å². The number of nitrogens with zero attached hydrogens (tertiary/aromatic N) is 1. The number of hydrogen-bond acceptors (Lipinski definition) is 6. The van der Waals surface area contributed by atoms with Crippen LogP contribution in [0.5, 0.6) is 0 Å². The zero-order valence-corrected chi connectivity index (χ0v) is 12.4. The molecule has 0 aromatic carbocycles. The minimum absolute atomic E-state index is 0.144. The maximum atomic E-state index is 11.7. The average Bonchev–Trinajstić information content (AvgIpc) is 2.42. The van der Waals surface area contributed by atoms with Crippen molar-refractivity contribution in [3.05, 3.63) is 0 Å². The molecule has 0 saturated carbocycles. The van der Waals surface area contributed by atoms with E-state index in [9.17, 15) is 8.42 Å². The monoisotopic (exact) mass is 295 g/mol. The summed E-state index contributed by atoms with van der Waals surface area (Å²) in [6.07, 6.45) is 0. The zero-order valence-electron chi connectivity index (χ0n) is 11.6. The van der Waals surface area contributed by atoms with Gasteiger partial charge in [-0.3, -0.25) is 4.90 Å². The molecule has 0 aromatic heterocycles. The molecule has 7 nitrogen and oxygen atoms in total. The van der Waals surface area contributed by atoms with Gasteiger partial charge >= 0.3 is 0 Å². The number of rotatable bonds is 10. The lowest BCUT2D eigenvalue weighted by molar-refractivity contribution is 0.0736. The Balaban J connectivity index is 2.06. The summed E-state index contributed by atoms with van der Waals surface area (Å²) in [5.74, 6) is 0.144. The van der Waals surface area contributed by atoms with Crippen molar-refractivity contribution in [2.45, 2.75) is 0 Å². The van der Waals surface area contributed by atoms with Gasteiger partial charge in [0.05, 0.1) is 25.6 Å². The molecule has 8 heteroatoms. The summed E-state index contributed by atoms with van der Waals surface area (Å²) < 4.78 is 36.0. The average molecular weight is 295 g/mol. The Bertz CT molecular complexity index is 318. The Labute approximate surface area is 115 Å². The second-order valence-electron chi connectivity index (χ2n) is 4.41. The van der Waals surface area contributed by atoms with Crippen molar-refractivity contribution in [3.8, 4) is 0 Å². The van der Waals surface area contributed by atoms with Crippen LogP contribution in [0.4, 0.5) is 0 Å². The number of ether oxygens (including phenoxy) is 2. The van der Waals surface area contributed by atoms with Crippen LogP contribution in [-0.4, -0.2) is 85.3 Å². The van der Waals surface area contributed by atoms with Crippen molar-refractivity contribution in [3.63, 3.8) is 0 Å². The van der Waals surface area contributed by atoms with Gasteiger partial charge in [0.2, 0.25) is 10.0 Å². The van der Waals surface area contributed by atoms with E-state index in [1.807, 2.05) is 0 Å². The van der Waals surface area contributed by atoms with Crippen LogP contribution in [0.1, 0.15) is 0 Å². The molecule has 0 aromatic rings. The summed E-state index contributed by atoms with van der Waals surface area (Å²) in [5.41, 5.74) is 0. The lowest BCUT2D eigenvalue weighted by Crippen LogP contribution is -2.46. The van der Waals surface area contributed by atoms with E-state index in [0.717, 1.165) is 26.2 Å². The molecule has 114 valence electrons. The summed E-state index contributed by atoms with van der Waals surface area (Å²) in [6, 6.07) is 0. The van der Waals surface area contributed by atoms with Gasteiger partial charge < -0.3 is 14.8 Å². The molecule has 1 fully saturated rings. The van der Waals surface area contributed by atoms with E-state index < -0.39 is 10.0 Å². The molecule has 1 aliphatic rings. The smallest absolute Gasteiger partial charge is 0.212 e. The standard InChI is InChI=1S/C11H25N3O4S/c1-17-9-10-18-8-4-13-19(15,16)11-7-14-5-2-12-3-6-14/h12-13H,2-11H2,1H3. The van der Waals surface area contributed by atoms with Gasteiger partial charge in [0.15, 0.2) is 0 Å². The fourth-order valence-corrected chi connectivity index (χ4v) is 2.81. The summed E-state index contributed by atoms with van der Waals surface area (Å²) >= 11 is 0. The van der Waals surface area contributed by atoms with Crippen LogP contribution in [0.2, 0.25) is 0 Å². The first-order valence-electron chi connectivity index (χ1n) is 6.61. The molecule has 1 saturated heterocycles. The molecule has 1 heterocycles. The molecule has 19 heavy (non-hydrogen) atoms. The van der Waals surface area contributed by atoms with E-state index in [1.165, 1.54) is 0 Å². The van der Waals surface area contributed by atoms with Gasteiger partial charge in [0, 0.05) is 46.4 Å². The van der Waals surface area contributed by atoms with E-state index in [4.69, 9.17) is 9.47 Å². The predicted octanol–water partition coefficient (Wildman–Crippen LogP) is -1.53. The molecule has 1 rings (SSSR count). The molecular weight excluding hydrogens is 270 g/mol. The second kappa shape index (κ2) is 9.62. The third-order valence-corrected chi connectivity index (χ3v) is 4.25. The van der Waals surface area contributed by atoms with Gasteiger partial charge in [-0.2, -0.15) is 0 Å². The van der Waals surface area contributed by atoms with E-state index in [2.05, 4.69) is 14.9 Å². The molecule has 0 atom stereocenters. The highest BCUT2D eigenvalue weighted by Gasteiger charge is 2.14. The Kier molecular flexibility index (Phi) is 8.51. The van der Waals surface area contributed by atoms with Crippen molar-refractivity contribution in [2.24, 2.45) is 0 Å². The van der Waals surface area contributed by atoms with Crippen molar-refractivity contribution >= 4 is 10.0 Å². The third kappa shape index (κ3) is 8.51. The topological polar surface area (TPSA) is 79.9 Å². The van der Waals surface area contributed by atoms with Crippen molar-refractivity contribution in [1.29, 1.82) is 0 Å². The largest absolute Gasteiger partial charge is 0.382 e. The molecule has 0 aliphatic carbocycles. The molecule has 2 N–H and O–H groups in total. The zero-order chi connectivity index (χ0) is 14.0. The lowest BCUT2D eigenvalue weighted by Gasteiger charge is -2.26. The maximum Gasteiger partial charge on any atom is 0.212 e. The Hall–Kier alpha value is -0.250. The van der Waals surface area contributed by atoms with Gasteiger partial charge in [-0.05, 0) is 0 Å². The normalized spacial score (nSPS) is 17.7. The highest BCUT2D eigenvalue weighted by Crippen LogP contribution is 1.94. The van der Waals surface area contributed by atoms with Crippen LogP contribution in [0.15, 0.2) is 0 Å². The molecular formula is C11H25N3O4S. The van der Waals surface area contributed by atoms with Gasteiger partial charge in [-0.25, -0.2) is 13.1 Å². The fourth-order valence-electron chi connectivity index (χ4n) is 1.77. The summed E-state index contributed by atoms with van der Waals surface area (Å²) in [6.45, 7) is 5.97. The van der Waals surface area contributed by atoms with E-state index in [0.29, 0.717) is 32.9 Å². The number of methoxy groups -OCH3 is 1. The maximum absolute atomic E-state index is 11.7. The number of sulfonamides is 1. The van der Waals surface area contributed by atoms with Crippen LogP contribution in [0.3, 0.4) is 0 Å². The van der Waals surface area contributed by atoms with Crippen LogP contribution in [-0.2, 0) is 19.5 Å². The highest BCUT2D eigenvalue weighted by atomic mass is 32.2. The van der Waals surface area contributed by atoms with Crippen molar-refractivity contribution in [1.82, 2.24) is 14.9 Å². The summed E-state index contributed by atoms with van der Waals surface area (Å²) in [5, 5.41) is 3.24. The quantitative estimate of drug-likeness (QED) is 0.476. The minimum Gasteiger partial charge on any atom is -0.382 e. The van der Waals surface area contributed by atoms with Gasteiger partial charge in [0.1, 0.15) is 0 Å². The Morgan fingerprint density at radius 2 is 1.95 bits per heavy atom. The Morgan fingerprint density at radius 1 is 1.21 bits per heavy atom. The minimum atomic E-state index is -3.20. The molecule has 0 radical (unpaired) electrons. The van der Waals surface area contributed by atoms with Gasteiger partial charge in [-0.15, -0.1) is 0 Å². The van der Waals surface area contributed by atoms with Crippen molar-refractivity contribution < 1.29 is 17.9 Å². The SMILES string of the molecule is COCCOCCNS(=O)(=O)CCN1CCNCC1. The molecule has 1 aliphatic heterocycles. The number of piperazine rings is 1. The first-order valence-corrected chi connectivity index (χ1v) is 8.26. The first-order chi connectivity index (χ1) is 9.14. The van der Waals surface area contributed by atoms with Crippen LogP contribution < -0.4 is 10.0 Å². The fraction of sp³-hybridized carbons (Fsp3) is 1.00. The van der Waals surface area contributed by atoms with Crippen molar-refractivity contribution in [2.75, 3.05) is 72.0 Å². The number of nitrogens with one attached hydrogen (secondary N) is 2. The predicted molar refractivity (Wildman–Crippen MR) is 73.8 cm³/mol. The van der Waals surface area contributed by atoms with E-state index in [-0.39, 0.29) is 5.75 Å². The van der Waals surface area contributed by atoms with Crippen LogP contribution in [0, 0.1) is 0 Å². The second-order valence-corrected chi connectivity index (χ2v) is 6.34. The van der Waals surface area contributed by atoms with E-state index in [1.54, 1.807) is 7.11 Å². The summed E-state index contributed by atoms with van der Waals surface area (Å²) in [7, 11) is -1.60. The van der Waals surface area contributed by atoms with E-state index >= 15 is 0 Å².